The van der Waals surface area contributed by atoms with Crippen LogP contribution in [0.15, 0.2) is 24.3 Å². The highest BCUT2D eigenvalue weighted by Gasteiger charge is 2.42. The minimum atomic E-state index is 0.151. The van der Waals surface area contributed by atoms with Gasteiger partial charge in [0.25, 0.3) is 0 Å². The molecular formula is C17H27ClN2. The number of benzene rings is 1. The minimum Gasteiger partial charge on any atom is -0.317 e. The second-order valence-corrected chi connectivity index (χ2v) is 6.68. The number of halogens is 1. The van der Waals surface area contributed by atoms with Crippen LogP contribution >= 0.6 is 11.6 Å². The number of nitrogens with one attached hydrogen (secondary N) is 1. The highest BCUT2D eigenvalue weighted by molar-refractivity contribution is 6.30. The maximum Gasteiger partial charge on any atom is 0.0458 e. The van der Waals surface area contributed by atoms with Gasteiger partial charge in [0.1, 0.15) is 0 Å². The van der Waals surface area contributed by atoms with Crippen LogP contribution in [0.1, 0.15) is 38.2 Å². The van der Waals surface area contributed by atoms with E-state index in [0.717, 1.165) is 10.9 Å². The van der Waals surface area contributed by atoms with E-state index in [1.165, 1.54) is 31.2 Å². The SMILES string of the molecule is CCC1CC(c2ccc(Cl)cc2)(N(C)C)CCC1NC. The smallest absolute Gasteiger partial charge is 0.0458 e. The Balaban J connectivity index is 2.33. The van der Waals surface area contributed by atoms with Crippen molar-refractivity contribution >= 4 is 11.6 Å². The first-order valence-electron chi connectivity index (χ1n) is 7.64. The van der Waals surface area contributed by atoms with Gasteiger partial charge in [-0.05, 0) is 64.0 Å². The van der Waals surface area contributed by atoms with Crippen LogP contribution in [-0.2, 0) is 5.54 Å². The molecule has 1 N–H and O–H groups in total. The fraction of sp³-hybridized carbons (Fsp3) is 0.647. The normalized spacial score (nSPS) is 30.7. The van der Waals surface area contributed by atoms with Gasteiger partial charge in [-0.3, -0.25) is 4.90 Å². The van der Waals surface area contributed by atoms with E-state index >= 15 is 0 Å². The van der Waals surface area contributed by atoms with E-state index in [4.69, 9.17) is 11.6 Å². The first kappa shape index (κ1) is 15.8. The summed E-state index contributed by atoms with van der Waals surface area (Å²) in [6, 6.07) is 9.10. The van der Waals surface area contributed by atoms with E-state index in [1.807, 2.05) is 12.1 Å². The molecule has 1 aromatic carbocycles. The lowest BCUT2D eigenvalue weighted by Crippen LogP contribution is -2.51. The van der Waals surface area contributed by atoms with Gasteiger partial charge in [-0.2, -0.15) is 0 Å². The van der Waals surface area contributed by atoms with Crippen molar-refractivity contribution in [3.05, 3.63) is 34.9 Å². The Morgan fingerprint density at radius 2 is 1.95 bits per heavy atom. The maximum absolute atomic E-state index is 6.05. The van der Waals surface area contributed by atoms with Crippen LogP contribution < -0.4 is 5.32 Å². The molecule has 0 amide bonds. The van der Waals surface area contributed by atoms with E-state index in [2.05, 4.69) is 50.4 Å². The van der Waals surface area contributed by atoms with Gasteiger partial charge in [0, 0.05) is 16.6 Å². The predicted octanol–water partition coefficient (Wildman–Crippen LogP) is 3.90. The van der Waals surface area contributed by atoms with Crippen molar-refractivity contribution in [2.75, 3.05) is 21.1 Å². The molecule has 3 atom stereocenters. The summed E-state index contributed by atoms with van der Waals surface area (Å²) >= 11 is 6.05. The molecule has 1 aromatic rings. The third-order valence-corrected chi connectivity index (χ3v) is 5.42. The molecule has 2 nitrogen and oxygen atoms in total. The van der Waals surface area contributed by atoms with Crippen molar-refractivity contribution in [2.45, 2.75) is 44.2 Å². The largest absolute Gasteiger partial charge is 0.317 e. The lowest BCUT2D eigenvalue weighted by Gasteiger charge is -2.49. The van der Waals surface area contributed by atoms with E-state index in [9.17, 15) is 0 Å². The number of nitrogens with zero attached hydrogens (tertiary/aromatic N) is 1. The van der Waals surface area contributed by atoms with Crippen molar-refractivity contribution in [3.8, 4) is 0 Å². The molecule has 1 fully saturated rings. The molecule has 0 bridgehead atoms. The van der Waals surface area contributed by atoms with Gasteiger partial charge in [-0.1, -0.05) is 37.1 Å². The van der Waals surface area contributed by atoms with Crippen LogP contribution in [0.4, 0.5) is 0 Å². The lowest BCUT2D eigenvalue weighted by molar-refractivity contribution is 0.0508. The summed E-state index contributed by atoms with van der Waals surface area (Å²) in [6.07, 6.45) is 4.87. The quantitative estimate of drug-likeness (QED) is 0.906. The molecular weight excluding hydrogens is 268 g/mol. The summed E-state index contributed by atoms with van der Waals surface area (Å²) in [4.78, 5) is 2.41. The summed E-state index contributed by atoms with van der Waals surface area (Å²) in [7, 11) is 6.51. The van der Waals surface area contributed by atoms with Crippen LogP contribution in [0.25, 0.3) is 0 Å². The zero-order valence-corrected chi connectivity index (χ0v) is 13.9. The number of hydrogen-bond acceptors (Lipinski definition) is 2. The van der Waals surface area contributed by atoms with Crippen LogP contribution in [-0.4, -0.2) is 32.1 Å². The summed E-state index contributed by atoms with van der Waals surface area (Å²) in [5, 5.41) is 4.32. The van der Waals surface area contributed by atoms with E-state index < -0.39 is 0 Å². The topological polar surface area (TPSA) is 15.3 Å². The Hall–Kier alpha value is -0.570. The Morgan fingerprint density at radius 1 is 1.30 bits per heavy atom. The van der Waals surface area contributed by atoms with Gasteiger partial charge in [0.05, 0.1) is 0 Å². The van der Waals surface area contributed by atoms with Crippen LogP contribution in [0, 0.1) is 5.92 Å². The molecule has 2 rings (SSSR count). The fourth-order valence-corrected chi connectivity index (χ4v) is 3.93. The molecule has 1 aliphatic rings. The molecule has 0 heterocycles. The summed E-state index contributed by atoms with van der Waals surface area (Å²) in [6.45, 7) is 2.31. The second kappa shape index (κ2) is 6.46. The average Bonchev–Trinajstić information content (AvgIpc) is 2.47. The number of hydrogen-bond donors (Lipinski definition) is 1. The van der Waals surface area contributed by atoms with Gasteiger partial charge in [0.2, 0.25) is 0 Å². The van der Waals surface area contributed by atoms with Gasteiger partial charge in [0.15, 0.2) is 0 Å². The summed E-state index contributed by atoms with van der Waals surface area (Å²) in [5.41, 5.74) is 1.55. The first-order chi connectivity index (χ1) is 9.53. The lowest BCUT2D eigenvalue weighted by atomic mass is 9.68. The Kier molecular flexibility index (Phi) is 5.11. The van der Waals surface area contributed by atoms with Gasteiger partial charge in [-0.15, -0.1) is 0 Å². The Morgan fingerprint density at radius 3 is 2.45 bits per heavy atom. The molecule has 0 aliphatic heterocycles. The Bertz CT molecular complexity index is 429. The van der Waals surface area contributed by atoms with Gasteiger partial charge < -0.3 is 5.32 Å². The molecule has 1 aliphatic carbocycles. The molecule has 3 unspecified atom stereocenters. The maximum atomic E-state index is 6.05. The minimum absolute atomic E-state index is 0.151. The van der Waals surface area contributed by atoms with Crippen molar-refractivity contribution in [2.24, 2.45) is 5.92 Å². The molecule has 3 heteroatoms. The molecule has 1 saturated carbocycles. The highest BCUT2D eigenvalue weighted by atomic mass is 35.5. The molecule has 0 spiro atoms. The van der Waals surface area contributed by atoms with Crippen LogP contribution in [0.5, 0.6) is 0 Å². The van der Waals surface area contributed by atoms with E-state index in [0.29, 0.717) is 6.04 Å². The summed E-state index contributed by atoms with van der Waals surface area (Å²) in [5.74, 6) is 0.729. The molecule has 112 valence electrons. The van der Waals surface area contributed by atoms with E-state index in [-0.39, 0.29) is 5.54 Å². The third kappa shape index (κ3) is 2.88. The van der Waals surface area contributed by atoms with Gasteiger partial charge >= 0.3 is 0 Å². The Labute approximate surface area is 128 Å². The monoisotopic (exact) mass is 294 g/mol. The first-order valence-corrected chi connectivity index (χ1v) is 8.02. The van der Waals surface area contributed by atoms with Crippen molar-refractivity contribution in [1.82, 2.24) is 10.2 Å². The fourth-order valence-electron chi connectivity index (χ4n) is 3.80. The third-order valence-electron chi connectivity index (χ3n) is 5.17. The zero-order valence-electron chi connectivity index (χ0n) is 13.1. The van der Waals surface area contributed by atoms with Gasteiger partial charge in [-0.25, -0.2) is 0 Å². The predicted molar refractivity (Wildman–Crippen MR) is 87.3 cm³/mol. The second-order valence-electron chi connectivity index (χ2n) is 6.24. The molecule has 0 radical (unpaired) electrons. The van der Waals surface area contributed by atoms with Crippen LogP contribution in [0.2, 0.25) is 5.02 Å². The van der Waals surface area contributed by atoms with E-state index in [1.54, 1.807) is 0 Å². The molecule has 0 aromatic heterocycles. The van der Waals surface area contributed by atoms with Crippen molar-refractivity contribution < 1.29 is 0 Å². The zero-order chi connectivity index (χ0) is 14.8. The molecule has 0 saturated heterocycles. The highest BCUT2D eigenvalue weighted by Crippen LogP contribution is 2.44. The number of rotatable bonds is 4. The standard InChI is InChI=1S/C17H27ClN2/c1-5-13-12-17(20(3)4,11-10-16(13)19-2)14-6-8-15(18)9-7-14/h6-9,13,16,19H,5,10-12H2,1-4H3. The van der Waals surface area contributed by atoms with Crippen LogP contribution in [0.3, 0.4) is 0 Å². The van der Waals surface area contributed by atoms with Crippen molar-refractivity contribution in [1.29, 1.82) is 0 Å². The molecule has 20 heavy (non-hydrogen) atoms. The summed E-state index contributed by atoms with van der Waals surface area (Å²) < 4.78 is 0. The average molecular weight is 295 g/mol. The van der Waals surface area contributed by atoms with Crippen molar-refractivity contribution in [3.63, 3.8) is 0 Å².